The minimum absolute atomic E-state index is 0.306. The first-order valence-electron chi connectivity index (χ1n) is 10.1. The van der Waals surface area contributed by atoms with Gasteiger partial charge in [-0.05, 0) is 23.8 Å². The molecule has 3 N–H and O–H groups in total. The fourth-order valence-electron chi connectivity index (χ4n) is 3.27. The van der Waals surface area contributed by atoms with Crippen molar-refractivity contribution in [2.24, 2.45) is 10.7 Å². The molecule has 3 aromatic heterocycles. The summed E-state index contributed by atoms with van der Waals surface area (Å²) in [5.41, 5.74) is 10.7. The lowest BCUT2D eigenvalue weighted by Crippen LogP contribution is -2.10. The van der Waals surface area contributed by atoms with E-state index in [-0.39, 0.29) is 0 Å². The van der Waals surface area contributed by atoms with Crippen LogP contribution in [0.3, 0.4) is 0 Å². The Hall–Kier alpha value is -4.17. The first-order chi connectivity index (χ1) is 15.7. The smallest absolute Gasteiger partial charge is 0.159 e. The highest BCUT2D eigenvalue weighted by atomic mass is 16.3. The average molecular weight is 425 g/mol. The Balaban J connectivity index is 1.50. The molecule has 1 atom stereocenters. The number of nitrogens with zero attached hydrogens (tertiary/aromatic N) is 6. The number of hydrogen-bond acceptors (Lipinski definition) is 7. The Bertz CT molecular complexity index is 1230. The molecule has 0 saturated carbocycles. The Morgan fingerprint density at radius 3 is 2.62 bits per heavy atom. The summed E-state index contributed by atoms with van der Waals surface area (Å²) in [5.74, 6) is 0.610. The monoisotopic (exact) mass is 425 g/mol. The SMILES string of the molecule is CN=C/C(=C\N)c1cccc(-c2ncc(-c3cnn(CC(O)c4ccccn4)c3)cn2)c1. The molecular weight excluding hydrogens is 402 g/mol. The van der Waals surface area contributed by atoms with Gasteiger partial charge in [0.05, 0.1) is 18.4 Å². The highest BCUT2D eigenvalue weighted by Crippen LogP contribution is 2.23. The largest absolute Gasteiger partial charge is 0.404 e. The summed E-state index contributed by atoms with van der Waals surface area (Å²) in [5, 5.41) is 14.7. The summed E-state index contributed by atoms with van der Waals surface area (Å²) in [6.45, 7) is 0.306. The molecule has 0 saturated heterocycles. The zero-order valence-electron chi connectivity index (χ0n) is 17.6. The molecule has 0 amide bonds. The van der Waals surface area contributed by atoms with Gasteiger partial charge in [-0.1, -0.05) is 24.3 Å². The van der Waals surface area contributed by atoms with Gasteiger partial charge in [-0.25, -0.2) is 9.97 Å². The molecule has 0 radical (unpaired) electrons. The molecule has 0 spiro atoms. The van der Waals surface area contributed by atoms with Crippen molar-refractivity contribution < 1.29 is 5.11 Å². The van der Waals surface area contributed by atoms with Gasteiger partial charge in [-0.2, -0.15) is 5.10 Å². The molecule has 160 valence electrons. The van der Waals surface area contributed by atoms with Crippen LogP contribution in [-0.4, -0.2) is 43.1 Å². The zero-order valence-corrected chi connectivity index (χ0v) is 17.6. The number of pyridine rings is 1. The highest BCUT2D eigenvalue weighted by molar-refractivity contribution is 6.09. The van der Waals surface area contributed by atoms with Gasteiger partial charge < -0.3 is 10.8 Å². The first-order valence-corrected chi connectivity index (χ1v) is 10.1. The van der Waals surface area contributed by atoms with Gasteiger partial charge in [0.25, 0.3) is 0 Å². The molecule has 3 heterocycles. The third-order valence-corrected chi connectivity index (χ3v) is 4.91. The van der Waals surface area contributed by atoms with E-state index in [0.29, 0.717) is 18.1 Å². The van der Waals surface area contributed by atoms with E-state index >= 15 is 0 Å². The fourth-order valence-corrected chi connectivity index (χ4v) is 3.27. The van der Waals surface area contributed by atoms with E-state index in [4.69, 9.17) is 5.73 Å². The van der Waals surface area contributed by atoms with E-state index < -0.39 is 6.10 Å². The quantitative estimate of drug-likeness (QED) is 0.440. The molecule has 1 unspecified atom stereocenters. The first kappa shape index (κ1) is 21.1. The number of aliphatic hydroxyl groups excluding tert-OH is 1. The summed E-state index contributed by atoms with van der Waals surface area (Å²) >= 11 is 0. The summed E-state index contributed by atoms with van der Waals surface area (Å²) in [6, 6.07) is 13.3. The Morgan fingerprint density at radius 2 is 1.91 bits per heavy atom. The standard InChI is InChI=1S/C24H23N7O/c1-26-11-19(10-25)17-5-4-6-18(9-17)24-28-12-20(13-29-24)21-14-30-31(15-21)16-23(32)22-7-2-3-8-27-22/h2-15,23,32H,16,25H2,1H3/b19-10+,26-11?. The second-order valence-electron chi connectivity index (χ2n) is 7.11. The van der Waals surface area contributed by atoms with Crippen molar-refractivity contribution in [3.63, 3.8) is 0 Å². The maximum atomic E-state index is 10.4. The molecule has 8 nitrogen and oxygen atoms in total. The second-order valence-corrected chi connectivity index (χ2v) is 7.11. The highest BCUT2D eigenvalue weighted by Gasteiger charge is 2.12. The van der Waals surface area contributed by atoms with Crippen LogP contribution in [0.1, 0.15) is 17.4 Å². The normalized spacial score (nSPS) is 12.9. The Morgan fingerprint density at radius 1 is 1.06 bits per heavy atom. The van der Waals surface area contributed by atoms with Crippen LogP contribution >= 0.6 is 0 Å². The van der Waals surface area contributed by atoms with Gasteiger partial charge in [-0.3, -0.25) is 14.7 Å². The minimum Gasteiger partial charge on any atom is -0.404 e. The predicted octanol–water partition coefficient (Wildman–Crippen LogP) is 3.14. The zero-order chi connectivity index (χ0) is 22.3. The van der Waals surface area contributed by atoms with Crippen LogP contribution < -0.4 is 5.73 Å². The molecule has 0 aliphatic rings. The van der Waals surface area contributed by atoms with Crippen LogP contribution in [0, 0.1) is 0 Å². The number of nitrogens with two attached hydrogens (primary N) is 1. The third kappa shape index (κ3) is 4.76. The molecule has 0 fully saturated rings. The molecule has 8 heteroatoms. The summed E-state index contributed by atoms with van der Waals surface area (Å²) in [4.78, 5) is 17.3. The van der Waals surface area contributed by atoms with Gasteiger partial charge in [0.1, 0.15) is 6.10 Å². The molecule has 4 aromatic rings. The molecule has 1 aromatic carbocycles. The minimum atomic E-state index is -0.736. The number of aliphatic hydroxyl groups is 1. The molecule has 0 aliphatic heterocycles. The number of aromatic nitrogens is 5. The van der Waals surface area contributed by atoms with Gasteiger partial charge in [0.15, 0.2) is 5.82 Å². The Labute approximate surface area is 185 Å². The maximum Gasteiger partial charge on any atom is 0.159 e. The van der Waals surface area contributed by atoms with Crippen molar-refractivity contribution in [3.8, 4) is 22.5 Å². The van der Waals surface area contributed by atoms with Crippen molar-refractivity contribution in [1.29, 1.82) is 0 Å². The van der Waals surface area contributed by atoms with Gasteiger partial charge in [-0.15, -0.1) is 0 Å². The molecule has 32 heavy (non-hydrogen) atoms. The summed E-state index contributed by atoms with van der Waals surface area (Å²) in [7, 11) is 1.70. The molecule has 4 rings (SSSR count). The van der Waals surface area contributed by atoms with Crippen molar-refractivity contribution in [3.05, 3.63) is 90.9 Å². The van der Waals surface area contributed by atoms with Crippen LogP contribution in [0.2, 0.25) is 0 Å². The topological polar surface area (TPSA) is 115 Å². The number of allylic oxidation sites excluding steroid dienone is 1. The maximum absolute atomic E-state index is 10.4. The van der Waals surface area contributed by atoms with Crippen LogP contribution in [0.15, 0.2) is 84.6 Å². The van der Waals surface area contributed by atoms with E-state index in [1.807, 2.05) is 42.6 Å². The van der Waals surface area contributed by atoms with E-state index in [9.17, 15) is 5.11 Å². The van der Waals surface area contributed by atoms with Gasteiger partial charge >= 0.3 is 0 Å². The second kappa shape index (κ2) is 9.76. The lowest BCUT2D eigenvalue weighted by Gasteiger charge is -2.09. The Kier molecular flexibility index (Phi) is 6.43. The fraction of sp³-hybridized carbons (Fsp3) is 0.125. The van der Waals surface area contributed by atoms with Crippen LogP contribution in [0.5, 0.6) is 0 Å². The van der Waals surface area contributed by atoms with E-state index in [0.717, 1.165) is 27.8 Å². The molecule has 0 bridgehead atoms. The summed E-state index contributed by atoms with van der Waals surface area (Å²) in [6.07, 6.45) is 11.3. The van der Waals surface area contributed by atoms with Crippen LogP contribution in [0.4, 0.5) is 0 Å². The number of aliphatic imine (C=N–C) groups is 1. The summed E-state index contributed by atoms with van der Waals surface area (Å²) < 4.78 is 1.68. The van der Waals surface area contributed by atoms with Gasteiger partial charge in [0.2, 0.25) is 0 Å². The van der Waals surface area contributed by atoms with Crippen molar-refractivity contribution in [2.75, 3.05) is 7.05 Å². The van der Waals surface area contributed by atoms with Gasteiger partial charge in [0, 0.05) is 66.5 Å². The predicted molar refractivity (Wildman–Crippen MR) is 124 cm³/mol. The number of rotatable bonds is 7. The van der Waals surface area contributed by atoms with E-state index in [1.54, 1.807) is 48.8 Å². The number of benzene rings is 1. The van der Waals surface area contributed by atoms with Crippen LogP contribution in [0.25, 0.3) is 28.1 Å². The number of hydrogen-bond donors (Lipinski definition) is 2. The van der Waals surface area contributed by atoms with E-state index in [2.05, 4.69) is 25.0 Å². The molecule has 0 aliphatic carbocycles. The van der Waals surface area contributed by atoms with E-state index in [1.165, 1.54) is 6.20 Å². The van der Waals surface area contributed by atoms with Crippen molar-refractivity contribution >= 4 is 11.8 Å². The van der Waals surface area contributed by atoms with Crippen LogP contribution in [-0.2, 0) is 6.54 Å². The average Bonchev–Trinajstić information content (AvgIpc) is 3.31. The lowest BCUT2D eigenvalue weighted by atomic mass is 10.0. The molecular formula is C24H23N7O. The third-order valence-electron chi connectivity index (χ3n) is 4.91. The lowest BCUT2D eigenvalue weighted by molar-refractivity contribution is 0.147. The van der Waals surface area contributed by atoms with Crippen molar-refractivity contribution in [2.45, 2.75) is 12.6 Å². The van der Waals surface area contributed by atoms with Crippen molar-refractivity contribution in [1.82, 2.24) is 24.7 Å².